The van der Waals surface area contributed by atoms with E-state index in [1.54, 1.807) is 0 Å². The Kier molecular flexibility index (Phi) is 32.1. The minimum Gasteiger partial charge on any atom is -0.550 e. The molecule has 0 rings (SSSR count). The largest absolute Gasteiger partial charge is 2.00 e. The van der Waals surface area contributed by atoms with Crippen molar-refractivity contribution in [3.63, 3.8) is 0 Å². The summed E-state index contributed by atoms with van der Waals surface area (Å²) in [6, 6.07) is 0. The van der Waals surface area contributed by atoms with E-state index < -0.39 is 23.9 Å². The third-order valence-electron chi connectivity index (χ3n) is 3.52. The first-order valence-corrected chi connectivity index (χ1v) is 9.05. The van der Waals surface area contributed by atoms with Crippen LogP contribution >= 0.6 is 0 Å². The Hall–Kier alpha value is -0.977. The van der Waals surface area contributed by atoms with Crippen molar-refractivity contribution in [1.29, 1.82) is 0 Å². The molecule has 0 aromatic carbocycles. The minimum atomic E-state index is -1.02. The van der Waals surface area contributed by atoms with Gasteiger partial charge >= 0.3 is 36.5 Å². The van der Waals surface area contributed by atoms with Gasteiger partial charge in [-0.05, 0) is 51.4 Å². The number of hydrogen-bond donors (Lipinski definition) is 0. The number of aliphatic carboxylic acids is 4. The van der Waals surface area contributed by atoms with E-state index in [2.05, 4.69) is 0 Å². The molecule has 1 radical (unpaired) electrons. The molecular weight excluding hydrogens is 473 g/mol. The monoisotopic (exact) mass is 499 g/mol. The fourth-order valence-electron chi connectivity index (χ4n) is 2.14. The molecule has 0 aliphatic rings. The fraction of sp³-hybridized carbons (Fsp3) is 0.778. The topological polar surface area (TPSA) is 161 Å². The van der Waals surface area contributed by atoms with Gasteiger partial charge in [0, 0.05) is 23.9 Å². The minimum absolute atomic E-state index is 0. The van der Waals surface area contributed by atoms with Crippen LogP contribution in [0.4, 0.5) is 0 Å². The Morgan fingerprint density at radius 3 is 0.679 bits per heavy atom. The number of unbranched alkanes of at least 4 members (excludes halogenated alkanes) is 8. The Labute approximate surface area is 189 Å². The summed E-state index contributed by atoms with van der Waals surface area (Å²) in [4.78, 5) is 39.9. The van der Waals surface area contributed by atoms with Gasteiger partial charge in [0.05, 0.1) is 0 Å². The SMILES string of the molecule is O=C([O-])CCCCCCCC(=O)[O-].O=C([O-])CCCCCCCC(=O)[O-].[Cu+2].[Zn+2]. The molecule has 0 amide bonds. The maximum absolute atomic E-state index is 9.98. The van der Waals surface area contributed by atoms with Crippen LogP contribution < -0.4 is 20.4 Å². The number of rotatable bonds is 16. The number of carbonyl (C=O) groups is 4. The molecule has 0 spiro atoms. The molecule has 0 saturated heterocycles. The third-order valence-corrected chi connectivity index (χ3v) is 3.52. The average Bonchev–Trinajstić information content (AvgIpc) is 2.52. The average molecular weight is 501 g/mol. The summed E-state index contributed by atoms with van der Waals surface area (Å²) >= 11 is 0. The Balaban J connectivity index is -0.000000192. The van der Waals surface area contributed by atoms with E-state index in [0.29, 0.717) is 25.7 Å². The van der Waals surface area contributed by atoms with E-state index in [-0.39, 0.29) is 62.2 Å². The van der Waals surface area contributed by atoms with Crippen LogP contribution in [-0.4, -0.2) is 23.9 Å². The Morgan fingerprint density at radius 2 is 0.536 bits per heavy atom. The molecule has 161 valence electrons. The van der Waals surface area contributed by atoms with Crippen molar-refractivity contribution >= 4 is 23.9 Å². The molecule has 0 atom stereocenters. The maximum Gasteiger partial charge on any atom is 2.00 e. The summed E-state index contributed by atoms with van der Waals surface area (Å²) in [6.45, 7) is 0. The van der Waals surface area contributed by atoms with E-state index in [9.17, 15) is 39.6 Å². The molecule has 28 heavy (non-hydrogen) atoms. The molecule has 0 aromatic heterocycles. The molecule has 10 heteroatoms. The van der Waals surface area contributed by atoms with Crippen molar-refractivity contribution in [2.75, 3.05) is 0 Å². The van der Waals surface area contributed by atoms with E-state index in [4.69, 9.17) is 0 Å². The maximum atomic E-state index is 9.98. The first-order valence-electron chi connectivity index (χ1n) is 9.05. The molecule has 0 unspecified atom stereocenters. The van der Waals surface area contributed by atoms with Crippen LogP contribution in [0.1, 0.15) is 89.9 Å². The van der Waals surface area contributed by atoms with E-state index in [1.165, 1.54) is 0 Å². The Morgan fingerprint density at radius 1 is 0.393 bits per heavy atom. The summed E-state index contributed by atoms with van der Waals surface area (Å²) < 4.78 is 0. The van der Waals surface area contributed by atoms with Crippen LogP contribution in [0, 0.1) is 0 Å². The van der Waals surface area contributed by atoms with Gasteiger partial charge in [0.15, 0.2) is 0 Å². The molecule has 0 saturated carbocycles. The van der Waals surface area contributed by atoms with Gasteiger partial charge in [0.2, 0.25) is 0 Å². The Bertz CT molecular complexity index is 344. The standard InChI is InChI=1S/2C9H16O4.Cu.Zn/c2*10-8(11)6-4-2-1-3-5-7-9(12)13;;/h2*1-7H2,(H,10,11)(H,12,13);;/q;;2*+2/p-4. The summed E-state index contributed by atoms with van der Waals surface area (Å²) in [5.74, 6) is -4.08. The van der Waals surface area contributed by atoms with Gasteiger partial charge in [-0.3, -0.25) is 0 Å². The third kappa shape index (κ3) is 39.9. The van der Waals surface area contributed by atoms with Crippen molar-refractivity contribution in [2.24, 2.45) is 0 Å². The zero-order valence-corrected chi connectivity index (χ0v) is 20.1. The fourth-order valence-corrected chi connectivity index (χ4v) is 2.14. The van der Waals surface area contributed by atoms with Crippen molar-refractivity contribution in [1.82, 2.24) is 0 Å². The number of carboxylic acid groups (broad SMARTS) is 4. The summed E-state index contributed by atoms with van der Waals surface area (Å²) in [5, 5.41) is 39.9. The summed E-state index contributed by atoms with van der Waals surface area (Å²) in [7, 11) is 0. The number of hydrogen-bond acceptors (Lipinski definition) is 8. The molecule has 0 N–H and O–H groups in total. The van der Waals surface area contributed by atoms with Crippen LogP contribution in [-0.2, 0) is 55.7 Å². The van der Waals surface area contributed by atoms with Gasteiger partial charge in [0.25, 0.3) is 0 Å². The van der Waals surface area contributed by atoms with Crippen molar-refractivity contribution in [3.05, 3.63) is 0 Å². The molecule has 0 heterocycles. The van der Waals surface area contributed by atoms with Crippen LogP contribution in [0.2, 0.25) is 0 Å². The van der Waals surface area contributed by atoms with E-state index in [1.807, 2.05) is 0 Å². The van der Waals surface area contributed by atoms with Crippen molar-refractivity contribution in [2.45, 2.75) is 89.9 Å². The number of carboxylic acids is 4. The van der Waals surface area contributed by atoms with Crippen LogP contribution in [0.5, 0.6) is 0 Å². The molecule has 0 fully saturated rings. The predicted molar refractivity (Wildman–Crippen MR) is 84.7 cm³/mol. The van der Waals surface area contributed by atoms with E-state index >= 15 is 0 Å². The molecule has 0 bridgehead atoms. The smallest absolute Gasteiger partial charge is 0.550 e. The quantitative estimate of drug-likeness (QED) is 0.181. The van der Waals surface area contributed by atoms with Gasteiger partial charge in [-0.2, -0.15) is 0 Å². The summed E-state index contributed by atoms with van der Waals surface area (Å²) in [6.07, 6.45) is 7.90. The van der Waals surface area contributed by atoms with Gasteiger partial charge < -0.3 is 39.6 Å². The summed E-state index contributed by atoms with van der Waals surface area (Å²) in [5.41, 5.74) is 0. The predicted octanol–water partition coefficient (Wildman–Crippen LogP) is -1.57. The molecule has 0 aromatic rings. The molecule has 8 nitrogen and oxygen atoms in total. The zero-order chi connectivity index (χ0) is 20.2. The number of carbonyl (C=O) groups excluding carboxylic acids is 4. The first kappa shape index (κ1) is 34.5. The van der Waals surface area contributed by atoms with E-state index in [0.717, 1.165) is 38.5 Å². The van der Waals surface area contributed by atoms with Crippen molar-refractivity contribution < 1.29 is 76.2 Å². The molecule has 0 aliphatic carbocycles. The molecular formula is C18H28CuO8Zn. The van der Waals surface area contributed by atoms with Gasteiger partial charge in [-0.25, -0.2) is 0 Å². The second kappa shape index (κ2) is 26.0. The van der Waals surface area contributed by atoms with Gasteiger partial charge in [-0.15, -0.1) is 0 Å². The van der Waals surface area contributed by atoms with Gasteiger partial charge in [-0.1, -0.05) is 38.5 Å². The second-order valence-corrected chi connectivity index (χ2v) is 6.02. The molecule has 0 aliphatic heterocycles. The zero-order valence-electron chi connectivity index (χ0n) is 16.2. The normalized spacial score (nSPS) is 9.14. The van der Waals surface area contributed by atoms with Crippen LogP contribution in [0.15, 0.2) is 0 Å². The van der Waals surface area contributed by atoms with Gasteiger partial charge in [0.1, 0.15) is 0 Å². The van der Waals surface area contributed by atoms with Crippen molar-refractivity contribution in [3.8, 4) is 0 Å². The van der Waals surface area contributed by atoms with Crippen LogP contribution in [0.25, 0.3) is 0 Å². The second-order valence-electron chi connectivity index (χ2n) is 6.02. The first-order chi connectivity index (χ1) is 12.3. The van der Waals surface area contributed by atoms with Crippen LogP contribution in [0.3, 0.4) is 0 Å².